The first-order chi connectivity index (χ1) is 12.1. The Bertz CT molecular complexity index is 974. The topological polar surface area (TPSA) is 98.9 Å². The molecule has 1 aliphatic rings. The molecule has 0 atom stereocenters. The van der Waals surface area contributed by atoms with E-state index in [-0.39, 0.29) is 17.2 Å². The molecule has 1 aliphatic heterocycles. The van der Waals surface area contributed by atoms with Gasteiger partial charge in [0, 0.05) is 24.5 Å². The van der Waals surface area contributed by atoms with Gasteiger partial charge in [0.15, 0.2) is 23.0 Å². The second kappa shape index (κ2) is 5.70. The van der Waals surface area contributed by atoms with Gasteiger partial charge in [-0.2, -0.15) is 0 Å². The summed E-state index contributed by atoms with van der Waals surface area (Å²) in [7, 11) is 1.49. The third kappa shape index (κ3) is 2.53. The van der Waals surface area contributed by atoms with E-state index in [0.717, 1.165) is 22.9 Å². The normalized spacial score (nSPS) is 13.7. The predicted molar refractivity (Wildman–Crippen MR) is 92.3 cm³/mol. The molecule has 1 aromatic heterocycles. The monoisotopic (exact) mass is 339 g/mol. The molecular weight excluding hydrogens is 322 g/mol. The van der Waals surface area contributed by atoms with Crippen LogP contribution in [0.2, 0.25) is 0 Å². The van der Waals surface area contributed by atoms with Crippen LogP contribution in [-0.2, 0) is 13.0 Å². The summed E-state index contributed by atoms with van der Waals surface area (Å²) in [5, 5.41) is 30.2. The van der Waals surface area contributed by atoms with Crippen molar-refractivity contribution in [1.29, 1.82) is 0 Å². The molecule has 0 spiro atoms. The quantitative estimate of drug-likeness (QED) is 0.616. The number of hydrogen-bond donors (Lipinski definition) is 3. The summed E-state index contributed by atoms with van der Waals surface area (Å²) in [6, 6.07) is 6.47. The van der Waals surface area contributed by atoms with E-state index in [1.165, 1.54) is 13.4 Å². The number of phenols is 3. The molecule has 2 heterocycles. The average molecular weight is 339 g/mol. The molecule has 0 saturated heterocycles. The van der Waals surface area contributed by atoms with Crippen LogP contribution in [0.5, 0.6) is 23.0 Å². The fourth-order valence-corrected chi connectivity index (χ4v) is 3.24. The van der Waals surface area contributed by atoms with Gasteiger partial charge >= 0.3 is 0 Å². The molecule has 0 aliphatic carbocycles. The number of anilines is 1. The minimum Gasteiger partial charge on any atom is -0.504 e. The van der Waals surface area contributed by atoms with Crippen LogP contribution in [0.15, 0.2) is 30.6 Å². The van der Waals surface area contributed by atoms with E-state index in [0.29, 0.717) is 30.2 Å². The molecule has 25 heavy (non-hydrogen) atoms. The number of nitrogens with zero attached hydrogens (tertiary/aromatic N) is 3. The van der Waals surface area contributed by atoms with Crippen molar-refractivity contribution in [1.82, 2.24) is 9.97 Å². The molecule has 7 nitrogen and oxygen atoms in total. The molecular formula is C18H17N3O4. The first-order valence-electron chi connectivity index (χ1n) is 7.87. The van der Waals surface area contributed by atoms with Gasteiger partial charge in [-0.25, -0.2) is 9.97 Å². The van der Waals surface area contributed by atoms with Crippen molar-refractivity contribution < 1.29 is 20.1 Å². The maximum atomic E-state index is 10.1. The number of phenolic OH excluding ortho intramolecular Hbond substituents is 3. The molecule has 0 saturated carbocycles. The summed E-state index contributed by atoms with van der Waals surface area (Å²) in [6.45, 7) is 1.25. The number of benzene rings is 2. The van der Waals surface area contributed by atoms with Crippen LogP contribution in [0, 0.1) is 0 Å². The Labute approximate surface area is 143 Å². The van der Waals surface area contributed by atoms with Crippen LogP contribution < -0.4 is 9.64 Å². The Morgan fingerprint density at radius 1 is 0.960 bits per heavy atom. The number of aromatic nitrogens is 2. The van der Waals surface area contributed by atoms with Gasteiger partial charge in [0.05, 0.1) is 12.6 Å². The average Bonchev–Trinajstić information content (AvgIpc) is 2.61. The van der Waals surface area contributed by atoms with Gasteiger partial charge in [-0.3, -0.25) is 0 Å². The maximum absolute atomic E-state index is 10.1. The summed E-state index contributed by atoms with van der Waals surface area (Å²) >= 11 is 0. The molecule has 0 bridgehead atoms. The Morgan fingerprint density at radius 3 is 2.48 bits per heavy atom. The summed E-state index contributed by atoms with van der Waals surface area (Å²) in [5.74, 6) is 0.876. The van der Waals surface area contributed by atoms with Gasteiger partial charge in [-0.1, -0.05) is 0 Å². The summed E-state index contributed by atoms with van der Waals surface area (Å²) in [6.07, 6.45) is 2.20. The largest absolute Gasteiger partial charge is 0.504 e. The summed E-state index contributed by atoms with van der Waals surface area (Å²) in [5.41, 5.74) is 2.62. The maximum Gasteiger partial charge on any atom is 0.162 e. The third-order valence-corrected chi connectivity index (χ3v) is 4.52. The van der Waals surface area contributed by atoms with E-state index in [1.54, 1.807) is 24.3 Å². The van der Waals surface area contributed by atoms with E-state index in [9.17, 15) is 15.3 Å². The van der Waals surface area contributed by atoms with E-state index >= 15 is 0 Å². The zero-order valence-corrected chi connectivity index (χ0v) is 13.6. The van der Waals surface area contributed by atoms with E-state index in [2.05, 4.69) is 14.9 Å². The van der Waals surface area contributed by atoms with Crippen molar-refractivity contribution in [3.05, 3.63) is 41.7 Å². The van der Waals surface area contributed by atoms with Gasteiger partial charge in [0.25, 0.3) is 0 Å². The van der Waals surface area contributed by atoms with Gasteiger partial charge in [-0.05, 0) is 35.7 Å². The first-order valence-corrected chi connectivity index (χ1v) is 7.87. The van der Waals surface area contributed by atoms with Crippen LogP contribution in [0.3, 0.4) is 0 Å². The Kier molecular flexibility index (Phi) is 3.49. The van der Waals surface area contributed by atoms with Crippen molar-refractivity contribution in [3.8, 4) is 23.0 Å². The van der Waals surface area contributed by atoms with Crippen LogP contribution in [0.4, 0.5) is 5.82 Å². The van der Waals surface area contributed by atoms with Gasteiger partial charge in [-0.15, -0.1) is 0 Å². The summed E-state index contributed by atoms with van der Waals surface area (Å²) in [4.78, 5) is 10.7. The molecule has 0 radical (unpaired) electrons. The fourth-order valence-electron chi connectivity index (χ4n) is 3.24. The zero-order chi connectivity index (χ0) is 17.6. The number of aromatic hydroxyl groups is 3. The Hall–Kier alpha value is -3.22. The van der Waals surface area contributed by atoms with E-state index < -0.39 is 0 Å². The third-order valence-electron chi connectivity index (χ3n) is 4.52. The molecule has 0 amide bonds. The molecule has 0 unspecified atom stereocenters. The number of ether oxygens (including phenoxy) is 1. The number of rotatable bonds is 2. The lowest BCUT2D eigenvalue weighted by molar-refractivity contribution is 0.374. The van der Waals surface area contributed by atoms with E-state index in [4.69, 9.17) is 4.74 Å². The molecule has 3 aromatic rings. The number of fused-ring (bicyclic) bond motifs is 2. The van der Waals surface area contributed by atoms with E-state index in [1.807, 2.05) is 0 Å². The van der Waals surface area contributed by atoms with Crippen molar-refractivity contribution >= 4 is 16.7 Å². The fraction of sp³-hybridized carbons (Fsp3) is 0.222. The zero-order valence-electron chi connectivity index (χ0n) is 13.6. The molecule has 2 aromatic carbocycles. The highest BCUT2D eigenvalue weighted by atomic mass is 16.5. The minimum atomic E-state index is -0.129. The SMILES string of the molecule is COc1cc2ncnc(N3CCc4cc(O)c(O)cc4C3)c2cc1O. The standard InChI is InChI=1S/C18H17N3O4/c1-25-17-7-13-12(6-16(17)24)18(20-9-19-13)21-3-2-10-4-14(22)15(23)5-11(10)8-21/h4-7,9,22-24H,2-3,8H2,1H3. The highest BCUT2D eigenvalue weighted by molar-refractivity contribution is 5.92. The van der Waals surface area contributed by atoms with Crippen LogP contribution in [-0.4, -0.2) is 38.9 Å². The lowest BCUT2D eigenvalue weighted by Gasteiger charge is -2.30. The highest BCUT2D eigenvalue weighted by Crippen LogP contribution is 2.37. The number of hydrogen-bond acceptors (Lipinski definition) is 7. The van der Waals surface area contributed by atoms with Crippen molar-refractivity contribution in [3.63, 3.8) is 0 Å². The Balaban J connectivity index is 1.77. The Morgan fingerprint density at radius 2 is 1.72 bits per heavy atom. The second-order valence-electron chi connectivity index (χ2n) is 6.02. The molecule has 128 valence electrons. The molecule has 0 fully saturated rings. The van der Waals surface area contributed by atoms with Crippen LogP contribution in [0.1, 0.15) is 11.1 Å². The lowest BCUT2D eigenvalue weighted by atomic mass is 9.98. The second-order valence-corrected chi connectivity index (χ2v) is 6.02. The highest BCUT2D eigenvalue weighted by Gasteiger charge is 2.22. The molecule has 7 heteroatoms. The first kappa shape index (κ1) is 15.3. The van der Waals surface area contributed by atoms with Crippen molar-refractivity contribution in [2.24, 2.45) is 0 Å². The van der Waals surface area contributed by atoms with Crippen molar-refractivity contribution in [2.45, 2.75) is 13.0 Å². The summed E-state index contributed by atoms with van der Waals surface area (Å²) < 4.78 is 5.13. The minimum absolute atomic E-state index is 0.0334. The van der Waals surface area contributed by atoms with Crippen molar-refractivity contribution in [2.75, 3.05) is 18.6 Å². The predicted octanol–water partition coefficient (Wildman–Crippen LogP) is 2.32. The molecule has 3 N–H and O–H groups in total. The lowest BCUT2D eigenvalue weighted by Crippen LogP contribution is -2.31. The van der Waals surface area contributed by atoms with Gasteiger partial charge in [0.2, 0.25) is 0 Å². The van der Waals surface area contributed by atoms with Crippen LogP contribution >= 0.6 is 0 Å². The van der Waals surface area contributed by atoms with Crippen LogP contribution in [0.25, 0.3) is 10.9 Å². The number of methoxy groups -OCH3 is 1. The molecule has 4 rings (SSSR count). The van der Waals surface area contributed by atoms with Gasteiger partial charge < -0.3 is 25.0 Å². The van der Waals surface area contributed by atoms with Gasteiger partial charge in [0.1, 0.15) is 12.1 Å². The smallest absolute Gasteiger partial charge is 0.162 e.